The zero-order valence-electron chi connectivity index (χ0n) is 21.1. The molecule has 196 valence electrons. The summed E-state index contributed by atoms with van der Waals surface area (Å²) in [5, 5.41) is 5.57. The Balaban J connectivity index is 1.78. The van der Waals surface area contributed by atoms with Crippen LogP contribution >= 0.6 is 12.2 Å². The molecule has 2 aliphatic rings. The van der Waals surface area contributed by atoms with E-state index in [9.17, 15) is 14.4 Å². The molecular formula is C26H36N4O5S. The first-order valence-corrected chi connectivity index (χ1v) is 12.8. The fourth-order valence-corrected chi connectivity index (χ4v) is 4.50. The van der Waals surface area contributed by atoms with E-state index in [1.54, 1.807) is 7.05 Å². The van der Waals surface area contributed by atoms with Gasteiger partial charge in [0.2, 0.25) is 11.8 Å². The molecule has 1 aromatic carbocycles. The van der Waals surface area contributed by atoms with Crippen molar-refractivity contribution in [3.05, 3.63) is 42.0 Å². The molecule has 36 heavy (non-hydrogen) atoms. The van der Waals surface area contributed by atoms with E-state index in [-0.39, 0.29) is 16.9 Å². The van der Waals surface area contributed by atoms with Gasteiger partial charge in [0.1, 0.15) is 0 Å². The van der Waals surface area contributed by atoms with E-state index in [1.165, 1.54) is 4.90 Å². The highest BCUT2D eigenvalue weighted by atomic mass is 32.1. The standard InChI is InChI=1S/C26H36N4O5S/c1-17(2)16-20(23(31)27-22-25(33)28-26(36)30(22)3)19(13-9-12-18-10-5-4-6-11-18)24(32)29-35-21-14-7-8-15-34-21/h4-6,9-12,17,19-22H,7-8,13-16H2,1-3H3,(H,27,31)(H,29,32)(H,28,33,36)/b12-9+/t19-,20+,21?,22?/m0/s1. The molecule has 2 heterocycles. The summed E-state index contributed by atoms with van der Waals surface area (Å²) in [4.78, 5) is 46.2. The average molecular weight is 517 g/mol. The number of amides is 3. The van der Waals surface area contributed by atoms with E-state index in [1.807, 2.05) is 56.3 Å². The van der Waals surface area contributed by atoms with Crippen LogP contribution in [0.3, 0.4) is 0 Å². The van der Waals surface area contributed by atoms with Gasteiger partial charge in [-0.05, 0) is 49.4 Å². The number of ether oxygens (including phenoxy) is 1. The molecule has 0 bridgehead atoms. The first-order chi connectivity index (χ1) is 17.3. The van der Waals surface area contributed by atoms with Crippen LogP contribution in [-0.4, -0.2) is 53.8 Å². The molecule has 0 aliphatic carbocycles. The number of carbonyl (C=O) groups is 3. The Morgan fingerprint density at radius 1 is 1.22 bits per heavy atom. The van der Waals surface area contributed by atoms with Gasteiger partial charge < -0.3 is 15.0 Å². The number of benzene rings is 1. The summed E-state index contributed by atoms with van der Waals surface area (Å²) in [7, 11) is 1.63. The van der Waals surface area contributed by atoms with Crippen molar-refractivity contribution in [3.63, 3.8) is 0 Å². The summed E-state index contributed by atoms with van der Waals surface area (Å²) in [6.45, 7) is 4.57. The van der Waals surface area contributed by atoms with Crippen molar-refractivity contribution in [1.82, 2.24) is 21.0 Å². The van der Waals surface area contributed by atoms with E-state index < -0.39 is 36.1 Å². The fraction of sp³-hybridized carbons (Fsp3) is 0.538. The second-order valence-corrected chi connectivity index (χ2v) is 9.97. The SMILES string of the molecule is CC(C)C[C@@H](C(=O)NC1C(=O)NC(=S)N1C)[C@H](C/C=C/c1ccccc1)C(=O)NOC1CCCCO1. The summed E-state index contributed by atoms with van der Waals surface area (Å²) in [5.74, 6) is -2.48. The van der Waals surface area contributed by atoms with Crippen LogP contribution in [0.1, 0.15) is 51.5 Å². The monoisotopic (exact) mass is 516 g/mol. The Hall–Kier alpha value is -2.82. The number of hydroxylamine groups is 1. The van der Waals surface area contributed by atoms with Crippen LogP contribution in [0.25, 0.3) is 6.08 Å². The number of likely N-dealkylation sites (N-methyl/N-ethyl adjacent to an activating group) is 1. The van der Waals surface area contributed by atoms with Crippen LogP contribution in [-0.2, 0) is 24.0 Å². The van der Waals surface area contributed by atoms with Crippen LogP contribution in [0, 0.1) is 17.8 Å². The Morgan fingerprint density at radius 3 is 2.58 bits per heavy atom. The third-order valence-electron chi connectivity index (χ3n) is 6.28. The van der Waals surface area contributed by atoms with Crippen molar-refractivity contribution in [2.24, 2.45) is 17.8 Å². The molecule has 2 aliphatic heterocycles. The number of allylic oxidation sites excluding steroid dienone is 1. The predicted octanol–water partition coefficient (Wildman–Crippen LogP) is 2.73. The topological polar surface area (TPSA) is 109 Å². The van der Waals surface area contributed by atoms with Gasteiger partial charge in [-0.15, -0.1) is 0 Å². The lowest BCUT2D eigenvalue weighted by molar-refractivity contribution is -0.203. The summed E-state index contributed by atoms with van der Waals surface area (Å²) in [6.07, 6.45) is 5.76. The summed E-state index contributed by atoms with van der Waals surface area (Å²) in [5.41, 5.74) is 3.53. The third kappa shape index (κ3) is 7.84. The maximum Gasteiger partial charge on any atom is 0.269 e. The summed E-state index contributed by atoms with van der Waals surface area (Å²) < 4.78 is 5.55. The Bertz CT molecular complexity index is 949. The lowest BCUT2D eigenvalue weighted by Gasteiger charge is -2.29. The molecule has 3 N–H and O–H groups in total. The smallest absolute Gasteiger partial charge is 0.269 e. The maximum atomic E-state index is 13.5. The van der Waals surface area contributed by atoms with E-state index >= 15 is 0 Å². The minimum atomic E-state index is -0.921. The molecule has 2 saturated heterocycles. The fourth-order valence-electron chi connectivity index (χ4n) is 4.29. The molecule has 10 heteroatoms. The second kappa shape index (κ2) is 13.5. The van der Waals surface area contributed by atoms with Gasteiger partial charge in [0.25, 0.3) is 5.91 Å². The molecule has 0 aromatic heterocycles. The molecular weight excluding hydrogens is 480 g/mol. The molecule has 3 amide bonds. The zero-order chi connectivity index (χ0) is 26.1. The first kappa shape index (κ1) is 27.8. The zero-order valence-corrected chi connectivity index (χ0v) is 21.9. The lowest BCUT2D eigenvalue weighted by Crippen LogP contribution is -2.51. The van der Waals surface area contributed by atoms with Crippen LogP contribution < -0.4 is 16.1 Å². The van der Waals surface area contributed by atoms with Crippen LogP contribution in [0.5, 0.6) is 0 Å². The van der Waals surface area contributed by atoms with Gasteiger partial charge >= 0.3 is 0 Å². The highest BCUT2D eigenvalue weighted by Gasteiger charge is 2.39. The molecule has 9 nitrogen and oxygen atoms in total. The van der Waals surface area contributed by atoms with Gasteiger partial charge in [-0.2, -0.15) is 0 Å². The molecule has 0 spiro atoms. The van der Waals surface area contributed by atoms with Gasteiger partial charge in [0.05, 0.1) is 11.8 Å². The van der Waals surface area contributed by atoms with Crippen molar-refractivity contribution >= 4 is 41.1 Å². The highest BCUT2D eigenvalue weighted by molar-refractivity contribution is 7.80. The van der Waals surface area contributed by atoms with Crippen LogP contribution in [0.15, 0.2) is 36.4 Å². The van der Waals surface area contributed by atoms with Crippen LogP contribution in [0.4, 0.5) is 0 Å². The normalized spacial score (nSPS) is 21.9. The van der Waals surface area contributed by atoms with Gasteiger partial charge in [0, 0.05) is 20.1 Å². The number of nitrogens with zero attached hydrogens (tertiary/aromatic N) is 1. The number of thiocarbonyl (C=S) groups is 1. The minimum Gasteiger partial charge on any atom is -0.350 e. The van der Waals surface area contributed by atoms with Gasteiger partial charge in [-0.3, -0.25) is 19.7 Å². The Labute approximate surface area is 217 Å². The summed E-state index contributed by atoms with van der Waals surface area (Å²) >= 11 is 5.12. The van der Waals surface area contributed by atoms with Crippen molar-refractivity contribution < 1.29 is 24.0 Å². The largest absolute Gasteiger partial charge is 0.350 e. The van der Waals surface area contributed by atoms with E-state index in [0.717, 1.165) is 18.4 Å². The number of carbonyl (C=O) groups excluding carboxylic acids is 3. The first-order valence-electron chi connectivity index (χ1n) is 12.4. The van der Waals surface area contributed by atoms with Gasteiger partial charge in [-0.1, -0.05) is 56.3 Å². The average Bonchev–Trinajstić information content (AvgIpc) is 3.11. The highest BCUT2D eigenvalue weighted by Crippen LogP contribution is 2.26. The van der Waals surface area contributed by atoms with E-state index in [2.05, 4.69) is 16.1 Å². The quantitative estimate of drug-likeness (QED) is 0.307. The lowest BCUT2D eigenvalue weighted by atomic mass is 9.82. The van der Waals surface area contributed by atoms with Crippen molar-refractivity contribution in [2.45, 2.75) is 58.4 Å². The number of hydrogen-bond acceptors (Lipinski definition) is 6. The Morgan fingerprint density at radius 2 is 1.97 bits per heavy atom. The van der Waals surface area contributed by atoms with E-state index in [4.69, 9.17) is 21.8 Å². The molecule has 2 unspecified atom stereocenters. The minimum absolute atomic E-state index is 0.132. The van der Waals surface area contributed by atoms with Gasteiger partial charge in [-0.25, -0.2) is 10.3 Å². The van der Waals surface area contributed by atoms with E-state index in [0.29, 0.717) is 25.9 Å². The molecule has 0 radical (unpaired) electrons. The van der Waals surface area contributed by atoms with Crippen molar-refractivity contribution in [1.29, 1.82) is 0 Å². The molecule has 2 fully saturated rings. The van der Waals surface area contributed by atoms with Crippen molar-refractivity contribution in [3.8, 4) is 0 Å². The molecule has 3 rings (SSSR count). The number of rotatable bonds is 11. The maximum absolute atomic E-state index is 13.5. The molecule has 4 atom stereocenters. The van der Waals surface area contributed by atoms with Crippen molar-refractivity contribution in [2.75, 3.05) is 13.7 Å². The van der Waals surface area contributed by atoms with Crippen LogP contribution in [0.2, 0.25) is 0 Å². The summed E-state index contributed by atoms with van der Waals surface area (Å²) in [6, 6.07) is 9.73. The molecule has 1 aromatic rings. The third-order valence-corrected chi connectivity index (χ3v) is 6.67. The number of nitrogens with one attached hydrogen (secondary N) is 3. The number of hydrogen-bond donors (Lipinski definition) is 3. The predicted molar refractivity (Wildman–Crippen MR) is 140 cm³/mol. The second-order valence-electron chi connectivity index (χ2n) is 9.59. The van der Waals surface area contributed by atoms with Gasteiger partial charge in [0.15, 0.2) is 17.6 Å². The molecule has 0 saturated carbocycles. The Kier molecular flexibility index (Phi) is 10.4.